The number of Topliss-reactive ketones (excluding diaryl/α,β-unsaturated/α-hetero) is 1. The molecule has 0 bridgehead atoms. The fraction of sp³-hybridized carbons (Fsp3) is 0.100. The molecule has 6 nitrogen and oxygen atoms in total. The Morgan fingerprint density at radius 2 is 1.73 bits per heavy atom. The van der Waals surface area contributed by atoms with E-state index in [-0.39, 0.29) is 17.4 Å². The van der Waals surface area contributed by atoms with Crippen molar-refractivity contribution in [2.45, 2.75) is 13.8 Å². The van der Waals surface area contributed by atoms with Crippen LogP contribution in [0.4, 0.5) is 5.69 Å². The first-order valence-corrected chi connectivity index (χ1v) is 7.91. The van der Waals surface area contributed by atoms with Gasteiger partial charge < -0.3 is 20.3 Å². The number of carboxylic acid groups (broad SMARTS) is 1. The smallest absolute Gasteiger partial charge is 0.345 e. The standard InChI is InChI=1S/C20H17NO5/c1-11-8-13(9-12(2)17(11)22)10-15-18(23)16(20(24)25)19(26-15)21-14-6-4-3-5-7-14/h3-10,21-22H,1-2H3,(H,24,25)/b15-10-. The number of ketones is 1. The average Bonchev–Trinajstić information content (AvgIpc) is 2.89. The number of aliphatic carboxylic acids is 1. The molecule has 0 aromatic heterocycles. The summed E-state index contributed by atoms with van der Waals surface area (Å²) >= 11 is 0. The first-order valence-electron chi connectivity index (χ1n) is 7.91. The number of para-hydroxylation sites is 1. The summed E-state index contributed by atoms with van der Waals surface area (Å²) < 4.78 is 5.50. The molecule has 0 unspecified atom stereocenters. The summed E-state index contributed by atoms with van der Waals surface area (Å²) in [5.41, 5.74) is 2.08. The van der Waals surface area contributed by atoms with Gasteiger partial charge in [-0.3, -0.25) is 4.79 Å². The van der Waals surface area contributed by atoms with E-state index in [2.05, 4.69) is 5.32 Å². The number of ether oxygens (including phenoxy) is 1. The number of aromatic hydroxyl groups is 1. The van der Waals surface area contributed by atoms with Crippen LogP contribution in [0.15, 0.2) is 59.7 Å². The van der Waals surface area contributed by atoms with Crippen LogP contribution in [-0.4, -0.2) is 22.0 Å². The summed E-state index contributed by atoms with van der Waals surface area (Å²) in [5, 5.41) is 22.1. The number of carbonyl (C=O) groups is 2. The van der Waals surface area contributed by atoms with Crippen LogP contribution in [-0.2, 0) is 14.3 Å². The number of nitrogens with one attached hydrogen (secondary N) is 1. The van der Waals surface area contributed by atoms with E-state index >= 15 is 0 Å². The van der Waals surface area contributed by atoms with Crippen LogP contribution < -0.4 is 5.32 Å². The van der Waals surface area contributed by atoms with Crippen LogP contribution in [0.2, 0.25) is 0 Å². The van der Waals surface area contributed by atoms with Crippen molar-refractivity contribution in [1.82, 2.24) is 0 Å². The van der Waals surface area contributed by atoms with Gasteiger partial charge in [-0.25, -0.2) is 4.79 Å². The topological polar surface area (TPSA) is 95.9 Å². The zero-order chi connectivity index (χ0) is 18.8. The Hall–Kier alpha value is -3.54. The predicted octanol–water partition coefficient (Wildman–Crippen LogP) is 3.36. The van der Waals surface area contributed by atoms with Gasteiger partial charge in [-0.05, 0) is 60.9 Å². The highest BCUT2D eigenvalue weighted by Crippen LogP contribution is 2.30. The maximum absolute atomic E-state index is 12.5. The van der Waals surface area contributed by atoms with Gasteiger partial charge in [0.05, 0.1) is 0 Å². The SMILES string of the molecule is Cc1cc(/C=C2\OC(Nc3ccccc3)=C(C(=O)O)C2=O)cc(C)c1O. The molecule has 2 aromatic rings. The van der Waals surface area contributed by atoms with Gasteiger partial charge in [-0.1, -0.05) is 18.2 Å². The van der Waals surface area contributed by atoms with Crippen molar-refractivity contribution in [2.75, 3.05) is 5.32 Å². The Morgan fingerprint density at radius 1 is 1.12 bits per heavy atom. The van der Waals surface area contributed by atoms with Gasteiger partial charge in [0.25, 0.3) is 0 Å². The average molecular weight is 351 g/mol. The van der Waals surface area contributed by atoms with E-state index in [1.54, 1.807) is 50.2 Å². The zero-order valence-corrected chi connectivity index (χ0v) is 14.2. The van der Waals surface area contributed by atoms with Crippen molar-refractivity contribution >= 4 is 23.5 Å². The number of rotatable bonds is 4. The molecule has 0 radical (unpaired) electrons. The lowest BCUT2D eigenvalue weighted by atomic mass is 10.0. The monoisotopic (exact) mass is 351 g/mol. The van der Waals surface area contributed by atoms with Crippen molar-refractivity contribution in [3.63, 3.8) is 0 Å². The molecule has 0 amide bonds. The second kappa shape index (κ2) is 6.76. The fourth-order valence-electron chi connectivity index (χ4n) is 2.69. The normalized spacial score (nSPS) is 15.3. The third-order valence-electron chi connectivity index (χ3n) is 3.95. The summed E-state index contributed by atoms with van der Waals surface area (Å²) in [6.45, 7) is 3.48. The Kier molecular flexibility index (Phi) is 4.49. The first-order chi connectivity index (χ1) is 12.4. The summed E-state index contributed by atoms with van der Waals surface area (Å²) in [6.07, 6.45) is 1.46. The van der Waals surface area contributed by atoms with E-state index in [9.17, 15) is 19.8 Å². The van der Waals surface area contributed by atoms with Crippen molar-refractivity contribution in [1.29, 1.82) is 0 Å². The van der Waals surface area contributed by atoms with Gasteiger partial charge in [0, 0.05) is 5.69 Å². The molecule has 0 spiro atoms. The summed E-state index contributed by atoms with van der Waals surface area (Å²) in [4.78, 5) is 24.0. The number of anilines is 1. The third-order valence-corrected chi connectivity index (χ3v) is 3.95. The number of carbonyl (C=O) groups excluding carboxylic acids is 1. The number of aryl methyl sites for hydroxylation is 2. The maximum Gasteiger partial charge on any atom is 0.345 e. The van der Waals surface area contributed by atoms with Crippen molar-refractivity contribution in [2.24, 2.45) is 0 Å². The minimum absolute atomic E-state index is 0.0923. The predicted molar refractivity (Wildman–Crippen MR) is 96.4 cm³/mol. The number of allylic oxidation sites excluding steroid dienone is 1. The van der Waals surface area contributed by atoms with Crippen molar-refractivity contribution in [3.8, 4) is 5.75 Å². The molecular weight excluding hydrogens is 334 g/mol. The quantitative estimate of drug-likeness (QED) is 0.577. The van der Waals surface area contributed by atoms with Crippen LogP contribution in [0, 0.1) is 13.8 Å². The van der Waals surface area contributed by atoms with Gasteiger partial charge in [-0.15, -0.1) is 0 Å². The Balaban J connectivity index is 1.95. The third kappa shape index (κ3) is 3.30. The molecule has 2 aromatic carbocycles. The lowest BCUT2D eigenvalue weighted by molar-refractivity contribution is -0.134. The van der Waals surface area contributed by atoms with E-state index < -0.39 is 17.3 Å². The molecule has 1 aliphatic rings. The minimum Gasteiger partial charge on any atom is -0.507 e. The second-order valence-corrected chi connectivity index (χ2v) is 5.94. The fourth-order valence-corrected chi connectivity index (χ4v) is 2.69. The summed E-state index contributed by atoms with van der Waals surface area (Å²) in [5.74, 6) is -2.10. The van der Waals surface area contributed by atoms with Crippen LogP contribution in [0.5, 0.6) is 5.75 Å². The van der Waals surface area contributed by atoms with Gasteiger partial charge in [0.2, 0.25) is 11.7 Å². The highest BCUT2D eigenvalue weighted by molar-refractivity contribution is 6.26. The van der Waals surface area contributed by atoms with Crippen LogP contribution in [0.25, 0.3) is 6.08 Å². The van der Waals surface area contributed by atoms with Crippen LogP contribution in [0.1, 0.15) is 16.7 Å². The van der Waals surface area contributed by atoms with E-state index in [1.807, 2.05) is 6.07 Å². The van der Waals surface area contributed by atoms with E-state index in [0.717, 1.165) is 0 Å². The Labute approximate surface area is 150 Å². The summed E-state index contributed by atoms with van der Waals surface area (Å²) in [6, 6.07) is 12.2. The van der Waals surface area contributed by atoms with E-state index in [4.69, 9.17) is 4.74 Å². The molecule has 26 heavy (non-hydrogen) atoms. The molecule has 3 N–H and O–H groups in total. The number of benzene rings is 2. The largest absolute Gasteiger partial charge is 0.507 e. The maximum atomic E-state index is 12.5. The van der Waals surface area contributed by atoms with Crippen molar-refractivity contribution < 1.29 is 24.5 Å². The number of phenols is 1. The lowest BCUT2D eigenvalue weighted by Gasteiger charge is -2.08. The first kappa shape index (κ1) is 17.3. The lowest BCUT2D eigenvalue weighted by Crippen LogP contribution is -2.12. The van der Waals surface area contributed by atoms with Gasteiger partial charge in [-0.2, -0.15) is 0 Å². The van der Waals surface area contributed by atoms with Gasteiger partial charge in [0.15, 0.2) is 11.3 Å². The Bertz CT molecular complexity index is 934. The Morgan fingerprint density at radius 3 is 2.31 bits per heavy atom. The molecule has 0 fully saturated rings. The van der Waals surface area contributed by atoms with Gasteiger partial charge >= 0.3 is 5.97 Å². The van der Waals surface area contributed by atoms with Gasteiger partial charge in [0.1, 0.15) is 5.75 Å². The molecule has 1 aliphatic heterocycles. The molecular formula is C20H17NO5. The summed E-state index contributed by atoms with van der Waals surface area (Å²) in [7, 11) is 0. The number of hydrogen-bond donors (Lipinski definition) is 3. The van der Waals surface area contributed by atoms with Crippen LogP contribution >= 0.6 is 0 Å². The van der Waals surface area contributed by atoms with E-state index in [0.29, 0.717) is 22.4 Å². The molecule has 0 saturated carbocycles. The molecule has 0 atom stereocenters. The molecule has 0 saturated heterocycles. The molecule has 132 valence electrons. The molecule has 0 aliphatic carbocycles. The zero-order valence-electron chi connectivity index (χ0n) is 14.2. The highest BCUT2D eigenvalue weighted by Gasteiger charge is 2.35. The molecule has 1 heterocycles. The number of carboxylic acids is 1. The van der Waals surface area contributed by atoms with Crippen LogP contribution in [0.3, 0.4) is 0 Å². The second-order valence-electron chi connectivity index (χ2n) is 5.94. The van der Waals surface area contributed by atoms with E-state index in [1.165, 1.54) is 6.08 Å². The van der Waals surface area contributed by atoms with Crippen molar-refractivity contribution in [3.05, 3.63) is 76.4 Å². The highest BCUT2D eigenvalue weighted by atomic mass is 16.5. The minimum atomic E-state index is -1.37. The number of phenolic OH excluding ortho intramolecular Hbond substituents is 1. The molecule has 6 heteroatoms. The number of hydrogen-bond acceptors (Lipinski definition) is 5. The molecule has 3 rings (SSSR count).